The highest BCUT2D eigenvalue weighted by Crippen LogP contribution is 2.18. The molecule has 1 fully saturated rings. The van der Waals surface area contributed by atoms with Gasteiger partial charge in [-0.1, -0.05) is 36.4 Å². The quantitative estimate of drug-likeness (QED) is 0.854. The lowest BCUT2D eigenvalue weighted by molar-refractivity contribution is -0.122. The molecule has 2 heterocycles. The molecule has 0 spiro atoms. The number of benzene rings is 1. The molecule has 5 heteroatoms. The van der Waals surface area contributed by atoms with Crippen LogP contribution in [0.4, 0.5) is 5.82 Å². The lowest BCUT2D eigenvalue weighted by Crippen LogP contribution is -2.40. The van der Waals surface area contributed by atoms with Gasteiger partial charge in [-0.25, -0.2) is 4.98 Å². The first-order chi connectivity index (χ1) is 11.7. The van der Waals surface area contributed by atoms with Crippen molar-refractivity contribution in [3.8, 4) is 0 Å². The van der Waals surface area contributed by atoms with Gasteiger partial charge in [-0.3, -0.25) is 4.79 Å². The number of hydrogen-bond acceptors (Lipinski definition) is 4. The van der Waals surface area contributed by atoms with Gasteiger partial charge in [-0.05, 0) is 31.0 Å². The van der Waals surface area contributed by atoms with E-state index in [1.807, 2.05) is 37.4 Å². The van der Waals surface area contributed by atoms with E-state index in [1.165, 1.54) is 5.56 Å². The van der Waals surface area contributed by atoms with Crippen LogP contribution in [0.5, 0.6) is 0 Å². The molecular weight excluding hydrogens is 300 g/mol. The molecule has 1 aromatic heterocycles. The first-order valence-corrected chi connectivity index (χ1v) is 8.44. The van der Waals surface area contributed by atoms with Crippen molar-refractivity contribution in [1.29, 1.82) is 0 Å². The number of pyridine rings is 1. The predicted molar refractivity (Wildman–Crippen MR) is 95.7 cm³/mol. The van der Waals surface area contributed by atoms with Crippen LogP contribution in [-0.4, -0.2) is 30.5 Å². The average molecular weight is 324 g/mol. The molecule has 1 saturated heterocycles. The smallest absolute Gasteiger partial charge is 0.237 e. The molecule has 0 bridgehead atoms. The van der Waals surface area contributed by atoms with E-state index in [4.69, 9.17) is 0 Å². The van der Waals surface area contributed by atoms with Gasteiger partial charge in [0.05, 0.1) is 6.04 Å². The Hall–Kier alpha value is -2.40. The van der Waals surface area contributed by atoms with E-state index >= 15 is 0 Å². The van der Waals surface area contributed by atoms with Gasteiger partial charge in [0.25, 0.3) is 0 Å². The third kappa shape index (κ3) is 4.11. The maximum atomic E-state index is 12.2. The van der Waals surface area contributed by atoms with Crippen molar-refractivity contribution < 1.29 is 4.79 Å². The topological polar surface area (TPSA) is 57.3 Å². The van der Waals surface area contributed by atoms with Crippen LogP contribution in [0.25, 0.3) is 0 Å². The molecule has 0 unspecified atom stereocenters. The minimum atomic E-state index is -0.0489. The standard InChI is InChI=1S/C19H24N4O/c1-23(14-15-7-3-2-4-8-15)18-16(9-5-12-21-18)13-22-19(24)17-10-6-11-20-17/h2-5,7-9,12,17,20H,6,10-11,13-14H2,1H3,(H,22,24)/t17-/m0/s1. The predicted octanol–water partition coefficient (Wildman–Crippen LogP) is 2.09. The van der Waals surface area contributed by atoms with Gasteiger partial charge in [-0.2, -0.15) is 0 Å². The van der Waals surface area contributed by atoms with Crippen LogP contribution in [0, 0.1) is 0 Å². The monoisotopic (exact) mass is 324 g/mol. The summed E-state index contributed by atoms with van der Waals surface area (Å²) in [5.41, 5.74) is 2.26. The third-order valence-corrected chi connectivity index (χ3v) is 4.32. The summed E-state index contributed by atoms with van der Waals surface area (Å²) in [4.78, 5) is 18.8. The summed E-state index contributed by atoms with van der Waals surface area (Å²) in [5.74, 6) is 0.981. The zero-order chi connectivity index (χ0) is 16.8. The number of nitrogens with one attached hydrogen (secondary N) is 2. The average Bonchev–Trinajstić information content (AvgIpc) is 3.15. The third-order valence-electron chi connectivity index (χ3n) is 4.32. The summed E-state index contributed by atoms with van der Waals surface area (Å²) in [5, 5.41) is 6.26. The maximum Gasteiger partial charge on any atom is 0.237 e. The van der Waals surface area contributed by atoms with Crippen LogP contribution < -0.4 is 15.5 Å². The van der Waals surface area contributed by atoms with Gasteiger partial charge in [0.2, 0.25) is 5.91 Å². The van der Waals surface area contributed by atoms with Crippen molar-refractivity contribution in [3.05, 3.63) is 59.8 Å². The maximum absolute atomic E-state index is 12.2. The summed E-state index contributed by atoms with van der Waals surface area (Å²) >= 11 is 0. The zero-order valence-electron chi connectivity index (χ0n) is 14.0. The highest BCUT2D eigenvalue weighted by molar-refractivity contribution is 5.82. The first-order valence-electron chi connectivity index (χ1n) is 8.44. The minimum Gasteiger partial charge on any atom is -0.355 e. The Morgan fingerprint density at radius 1 is 1.29 bits per heavy atom. The molecule has 2 aromatic rings. The molecule has 126 valence electrons. The summed E-state index contributed by atoms with van der Waals surface area (Å²) < 4.78 is 0. The summed E-state index contributed by atoms with van der Waals surface area (Å²) in [7, 11) is 2.03. The minimum absolute atomic E-state index is 0.0489. The summed E-state index contributed by atoms with van der Waals surface area (Å²) in [6, 6.07) is 14.2. The number of anilines is 1. The molecule has 0 radical (unpaired) electrons. The lowest BCUT2D eigenvalue weighted by atomic mass is 10.2. The molecule has 0 saturated carbocycles. The fourth-order valence-electron chi connectivity index (χ4n) is 3.06. The van der Waals surface area contributed by atoms with E-state index in [0.717, 1.165) is 37.3 Å². The Morgan fingerprint density at radius 2 is 2.12 bits per heavy atom. The number of rotatable bonds is 6. The second-order valence-corrected chi connectivity index (χ2v) is 6.19. The first kappa shape index (κ1) is 16.5. The Balaban J connectivity index is 1.64. The van der Waals surface area contributed by atoms with Gasteiger partial charge >= 0.3 is 0 Å². The summed E-state index contributed by atoms with van der Waals surface area (Å²) in [6.07, 6.45) is 3.77. The molecule has 1 aliphatic rings. The molecule has 3 rings (SSSR count). The van der Waals surface area contributed by atoms with E-state index < -0.39 is 0 Å². The number of hydrogen-bond donors (Lipinski definition) is 2. The van der Waals surface area contributed by atoms with Crippen LogP contribution in [0.1, 0.15) is 24.0 Å². The van der Waals surface area contributed by atoms with E-state index in [2.05, 4.69) is 32.7 Å². The van der Waals surface area contributed by atoms with Crippen LogP contribution >= 0.6 is 0 Å². The Labute approximate surface area is 143 Å². The van der Waals surface area contributed by atoms with Crippen molar-refractivity contribution in [2.75, 3.05) is 18.5 Å². The number of aromatic nitrogens is 1. The van der Waals surface area contributed by atoms with Crippen LogP contribution in [0.3, 0.4) is 0 Å². The molecular formula is C19H24N4O. The number of carbonyl (C=O) groups is 1. The van der Waals surface area contributed by atoms with E-state index in [0.29, 0.717) is 6.54 Å². The van der Waals surface area contributed by atoms with E-state index in [9.17, 15) is 4.79 Å². The van der Waals surface area contributed by atoms with Crippen molar-refractivity contribution >= 4 is 11.7 Å². The molecule has 24 heavy (non-hydrogen) atoms. The van der Waals surface area contributed by atoms with E-state index in [1.54, 1.807) is 6.20 Å². The second kappa shape index (κ2) is 7.93. The fraction of sp³-hybridized carbons (Fsp3) is 0.368. The number of amides is 1. The van der Waals surface area contributed by atoms with Gasteiger partial charge < -0.3 is 15.5 Å². The molecule has 2 N–H and O–H groups in total. The number of carbonyl (C=O) groups excluding carboxylic acids is 1. The molecule has 1 aromatic carbocycles. The van der Waals surface area contributed by atoms with Crippen molar-refractivity contribution in [2.45, 2.75) is 32.0 Å². The van der Waals surface area contributed by atoms with Crippen LogP contribution in [0.15, 0.2) is 48.7 Å². The van der Waals surface area contributed by atoms with Gasteiger partial charge in [0.15, 0.2) is 0 Å². The van der Waals surface area contributed by atoms with Gasteiger partial charge in [-0.15, -0.1) is 0 Å². The Morgan fingerprint density at radius 3 is 2.88 bits per heavy atom. The molecule has 5 nitrogen and oxygen atoms in total. The largest absolute Gasteiger partial charge is 0.355 e. The SMILES string of the molecule is CN(Cc1ccccc1)c1ncccc1CNC(=O)[C@@H]1CCCN1. The van der Waals surface area contributed by atoms with Crippen molar-refractivity contribution in [1.82, 2.24) is 15.6 Å². The second-order valence-electron chi connectivity index (χ2n) is 6.19. The Bertz CT molecular complexity index is 668. The van der Waals surface area contributed by atoms with Crippen LogP contribution in [0.2, 0.25) is 0 Å². The van der Waals surface area contributed by atoms with Crippen molar-refractivity contribution in [3.63, 3.8) is 0 Å². The molecule has 1 atom stereocenters. The molecule has 1 aliphatic heterocycles. The summed E-state index contributed by atoms with van der Waals surface area (Å²) in [6.45, 7) is 2.21. The Kier molecular flexibility index (Phi) is 5.43. The van der Waals surface area contributed by atoms with Crippen LogP contribution in [-0.2, 0) is 17.9 Å². The zero-order valence-corrected chi connectivity index (χ0v) is 14.0. The molecule has 1 amide bonds. The lowest BCUT2D eigenvalue weighted by Gasteiger charge is -2.21. The normalized spacial score (nSPS) is 16.8. The van der Waals surface area contributed by atoms with Gasteiger partial charge in [0.1, 0.15) is 5.82 Å². The highest BCUT2D eigenvalue weighted by atomic mass is 16.2. The molecule has 0 aliphatic carbocycles. The fourth-order valence-corrected chi connectivity index (χ4v) is 3.06. The van der Waals surface area contributed by atoms with Crippen molar-refractivity contribution in [2.24, 2.45) is 0 Å². The van der Waals surface area contributed by atoms with E-state index in [-0.39, 0.29) is 11.9 Å². The van der Waals surface area contributed by atoms with Gasteiger partial charge in [0, 0.05) is 31.9 Å². The number of nitrogens with zero attached hydrogens (tertiary/aromatic N) is 2. The highest BCUT2D eigenvalue weighted by Gasteiger charge is 2.21.